The van der Waals surface area contributed by atoms with Crippen molar-refractivity contribution in [3.8, 4) is 0 Å². The first-order chi connectivity index (χ1) is 6.76. The highest BCUT2D eigenvalue weighted by Gasteiger charge is 2.15. The predicted octanol–water partition coefficient (Wildman–Crippen LogP) is -0.240. The van der Waals surface area contributed by atoms with Gasteiger partial charge in [-0.1, -0.05) is 6.92 Å². The van der Waals surface area contributed by atoms with E-state index in [2.05, 4.69) is 22.0 Å². The lowest BCUT2D eigenvalue weighted by Gasteiger charge is -2.33. The van der Waals surface area contributed by atoms with Crippen LogP contribution in [0.1, 0.15) is 13.3 Å². The van der Waals surface area contributed by atoms with Gasteiger partial charge in [-0.15, -0.1) is 0 Å². The van der Waals surface area contributed by atoms with E-state index in [4.69, 9.17) is 0 Å². The van der Waals surface area contributed by atoms with Gasteiger partial charge in [0.15, 0.2) is 0 Å². The van der Waals surface area contributed by atoms with E-state index >= 15 is 0 Å². The summed E-state index contributed by atoms with van der Waals surface area (Å²) in [7, 11) is 1.69. The van der Waals surface area contributed by atoms with Crippen LogP contribution in [0.25, 0.3) is 0 Å². The Hall–Kier alpha value is -0.610. The summed E-state index contributed by atoms with van der Waals surface area (Å²) in [5.41, 5.74) is 0. The van der Waals surface area contributed by atoms with Crippen molar-refractivity contribution in [2.75, 3.05) is 46.3 Å². The zero-order chi connectivity index (χ0) is 10.4. The summed E-state index contributed by atoms with van der Waals surface area (Å²) in [5, 5.41) is 2.65. The van der Waals surface area contributed by atoms with Gasteiger partial charge >= 0.3 is 0 Å². The minimum Gasteiger partial charge on any atom is -0.359 e. The highest BCUT2D eigenvalue weighted by Crippen LogP contribution is 2.01. The Morgan fingerprint density at radius 2 is 1.79 bits per heavy atom. The van der Waals surface area contributed by atoms with Crippen LogP contribution in [0.5, 0.6) is 0 Å². The smallest absolute Gasteiger partial charge is 0.221 e. The highest BCUT2D eigenvalue weighted by molar-refractivity contribution is 5.75. The van der Waals surface area contributed by atoms with Gasteiger partial charge < -0.3 is 15.1 Å². The van der Waals surface area contributed by atoms with Crippen molar-refractivity contribution in [3.05, 3.63) is 0 Å². The molecule has 14 heavy (non-hydrogen) atoms. The molecule has 1 amide bonds. The second-order valence-corrected chi connectivity index (χ2v) is 3.70. The van der Waals surface area contributed by atoms with Crippen molar-refractivity contribution in [3.63, 3.8) is 0 Å². The van der Waals surface area contributed by atoms with Gasteiger partial charge in [0.2, 0.25) is 5.91 Å². The van der Waals surface area contributed by atoms with Crippen molar-refractivity contribution in [1.82, 2.24) is 15.1 Å². The van der Waals surface area contributed by atoms with Crippen LogP contribution in [0.2, 0.25) is 0 Å². The standard InChI is InChI=1S/C10H21N3O/c1-3-12-6-8-13(9-7-12)5-4-10(14)11-2/h3-9H2,1-2H3,(H,11,14). The number of carbonyl (C=O) groups excluding carboxylic acids is 1. The van der Waals surface area contributed by atoms with E-state index in [0.29, 0.717) is 6.42 Å². The molecule has 0 spiro atoms. The predicted molar refractivity (Wildman–Crippen MR) is 57.2 cm³/mol. The molecule has 0 aliphatic carbocycles. The molecule has 1 fully saturated rings. The Morgan fingerprint density at radius 1 is 1.21 bits per heavy atom. The molecule has 1 N–H and O–H groups in total. The molecule has 1 aliphatic rings. The molecule has 4 nitrogen and oxygen atoms in total. The Bertz CT molecular complexity index is 176. The van der Waals surface area contributed by atoms with Gasteiger partial charge in [0.05, 0.1) is 0 Å². The summed E-state index contributed by atoms with van der Waals surface area (Å²) in [5.74, 6) is 0.142. The third-order valence-electron chi connectivity index (χ3n) is 2.85. The molecule has 1 aliphatic heterocycles. The minimum absolute atomic E-state index is 0.142. The van der Waals surface area contributed by atoms with Gasteiger partial charge in [0.1, 0.15) is 0 Å². The third kappa shape index (κ3) is 3.64. The average Bonchev–Trinajstić information content (AvgIpc) is 2.26. The Kier molecular flexibility index (Phi) is 4.90. The summed E-state index contributed by atoms with van der Waals surface area (Å²) >= 11 is 0. The van der Waals surface area contributed by atoms with Crippen molar-refractivity contribution in [2.24, 2.45) is 0 Å². The molecular formula is C10H21N3O. The molecule has 1 rings (SSSR count). The maximum absolute atomic E-state index is 11.0. The van der Waals surface area contributed by atoms with Crippen LogP contribution in [0.4, 0.5) is 0 Å². The molecule has 1 heterocycles. The molecule has 0 radical (unpaired) electrons. The van der Waals surface area contributed by atoms with E-state index in [1.165, 1.54) is 0 Å². The third-order valence-corrected chi connectivity index (χ3v) is 2.85. The Balaban J connectivity index is 2.13. The summed E-state index contributed by atoms with van der Waals surface area (Å²) in [4.78, 5) is 15.8. The number of piperazine rings is 1. The second kappa shape index (κ2) is 5.98. The van der Waals surface area contributed by atoms with Gasteiger partial charge in [-0.3, -0.25) is 4.79 Å². The maximum Gasteiger partial charge on any atom is 0.221 e. The van der Waals surface area contributed by atoms with E-state index in [1.807, 2.05) is 0 Å². The lowest BCUT2D eigenvalue weighted by atomic mass is 10.3. The molecule has 0 atom stereocenters. The number of likely N-dealkylation sites (N-methyl/N-ethyl adjacent to an activating group) is 1. The fourth-order valence-electron chi connectivity index (χ4n) is 1.71. The fourth-order valence-corrected chi connectivity index (χ4v) is 1.71. The summed E-state index contributed by atoms with van der Waals surface area (Å²) in [6.45, 7) is 8.73. The minimum atomic E-state index is 0.142. The van der Waals surface area contributed by atoms with Gasteiger partial charge in [-0.05, 0) is 6.54 Å². The first kappa shape index (κ1) is 11.5. The number of hydrogen-bond donors (Lipinski definition) is 1. The van der Waals surface area contributed by atoms with Crippen LogP contribution in [0.15, 0.2) is 0 Å². The molecule has 0 bridgehead atoms. The van der Waals surface area contributed by atoms with Crippen molar-refractivity contribution < 1.29 is 4.79 Å². The van der Waals surface area contributed by atoms with E-state index in [0.717, 1.165) is 39.3 Å². The summed E-state index contributed by atoms with van der Waals surface area (Å²) in [6, 6.07) is 0. The van der Waals surface area contributed by atoms with Gasteiger partial charge in [-0.25, -0.2) is 0 Å². The topological polar surface area (TPSA) is 35.6 Å². The summed E-state index contributed by atoms with van der Waals surface area (Å²) < 4.78 is 0. The van der Waals surface area contributed by atoms with Gasteiger partial charge in [0, 0.05) is 46.2 Å². The van der Waals surface area contributed by atoms with Crippen LogP contribution in [-0.4, -0.2) is 62.0 Å². The van der Waals surface area contributed by atoms with Crippen LogP contribution in [0, 0.1) is 0 Å². The van der Waals surface area contributed by atoms with Crippen molar-refractivity contribution in [2.45, 2.75) is 13.3 Å². The molecule has 82 valence electrons. The number of rotatable bonds is 4. The van der Waals surface area contributed by atoms with Crippen LogP contribution < -0.4 is 5.32 Å². The zero-order valence-corrected chi connectivity index (χ0v) is 9.25. The fraction of sp³-hybridized carbons (Fsp3) is 0.900. The number of nitrogens with zero attached hydrogens (tertiary/aromatic N) is 2. The first-order valence-corrected chi connectivity index (χ1v) is 5.41. The lowest BCUT2D eigenvalue weighted by molar-refractivity contribution is -0.121. The monoisotopic (exact) mass is 199 g/mol. The maximum atomic E-state index is 11.0. The van der Waals surface area contributed by atoms with Crippen LogP contribution >= 0.6 is 0 Å². The van der Waals surface area contributed by atoms with E-state index in [9.17, 15) is 4.79 Å². The lowest BCUT2D eigenvalue weighted by Crippen LogP contribution is -2.46. The molecule has 0 aromatic carbocycles. The normalized spacial score (nSPS) is 19.6. The van der Waals surface area contributed by atoms with Crippen LogP contribution in [0.3, 0.4) is 0 Å². The van der Waals surface area contributed by atoms with E-state index in [1.54, 1.807) is 7.05 Å². The molecule has 1 saturated heterocycles. The number of amides is 1. The SMILES string of the molecule is CCN1CCN(CCC(=O)NC)CC1. The average molecular weight is 199 g/mol. The van der Waals surface area contributed by atoms with E-state index in [-0.39, 0.29) is 5.91 Å². The first-order valence-electron chi connectivity index (χ1n) is 5.41. The quantitative estimate of drug-likeness (QED) is 0.679. The Morgan fingerprint density at radius 3 is 2.29 bits per heavy atom. The van der Waals surface area contributed by atoms with E-state index < -0.39 is 0 Å². The molecule has 0 aromatic heterocycles. The van der Waals surface area contributed by atoms with Crippen molar-refractivity contribution in [1.29, 1.82) is 0 Å². The summed E-state index contributed by atoms with van der Waals surface area (Å²) in [6.07, 6.45) is 0.628. The van der Waals surface area contributed by atoms with Gasteiger partial charge in [-0.2, -0.15) is 0 Å². The number of carbonyl (C=O) groups is 1. The molecular weight excluding hydrogens is 178 g/mol. The number of hydrogen-bond acceptors (Lipinski definition) is 3. The Labute approximate surface area is 86.2 Å². The van der Waals surface area contributed by atoms with Gasteiger partial charge in [0.25, 0.3) is 0 Å². The van der Waals surface area contributed by atoms with Crippen molar-refractivity contribution >= 4 is 5.91 Å². The highest BCUT2D eigenvalue weighted by atomic mass is 16.1. The van der Waals surface area contributed by atoms with Crippen LogP contribution in [-0.2, 0) is 4.79 Å². The zero-order valence-electron chi connectivity index (χ0n) is 9.25. The number of nitrogens with one attached hydrogen (secondary N) is 1. The molecule has 0 unspecified atom stereocenters. The largest absolute Gasteiger partial charge is 0.359 e. The second-order valence-electron chi connectivity index (χ2n) is 3.70. The molecule has 4 heteroatoms. The molecule has 0 aromatic rings. The molecule has 0 saturated carbocycles.